The van der Waals surface area contributed by atoms with Crippen molar-refractivity contribution < 1.29 is 24.2 Å². The van der Waals surface area contributed by atoms with Crippen LogP contribution in [0.1, 0.15) is 40.0 Å². The summed E-state index contributed by atoms with van der Waals surface area (Å²) < 4.78 is 11.3. The van der Waals surface area contributed by atoms with E-state index in [1.165, 1.54) is 11.8 Å². The maximum atomic E-state index is 12.8. The Morgan fingerprint density at radius 2 is 1.96 bits per heavy atom. The highest BCUT2D eigenvalue weighted by molar-refractivity contribution is 8.13. The molecule has 1 amide bonds. The number of amides is 1. The molecule has 1 N–H and O–H groups in total. The van der Waals surface area contributed by atoms with Gasteiger partial charge in [0.25, 0.3) is 5.91 Å². The van der Waals surface area contributed by atoms with Gasteiger partial charge in [-0.3, -0.25) is 9.59 Å². The molecule has 0 aliphatic carbocycles. The zero-order valence-electron chi connectivity index (χ0n) is 17.1. The fraction of sp³-hybridized carbons (Fsp3) is 0.619. The lowest BCUT2D eigenvalue weighted by Gasteiger charge is -2.29. The smallest absolute Gasteiger partial charge is 0.251 e. The number of benzene rings is 1. The minimum atomic E-state index is -1.13. The highest BCUT2D eigenvalue weighted by Gasteiger charge is 2.30. The monoisotopic (exact) mass is 409 g/mol. The van der Waals surface area contributed by atoms with Crippen LogP contribution < -0.4 is 4.74 Å². The van der Waals surface area contributed by atoms with Gasteiger partial charge < -0.3 is 19.5 Å². The van der Waals surface area contributed by atoms with Crippen LogP contribution >= 0.6 is 11.8 Å². The van der Waals surface area contributed by atoms with E-state index in [1.54, 1.807) is 7.05 Å². The van der Waals surface area contributed by atoms with Crippen LogP contribution in [-0.4, -0.2) is 59.5 Å². The van der Waals surface area contributed by atoms with E-state index in [0.717, 1.165) is 41.9 Å². The first-order valence-corrected chi connectivity index (χ1v) is 10.6. The summed E-state index contributed by atoms with van der Waals surface area (Å²) in [5, 5.41) is 9.46. The zero-order chi connectivity index (χ0) is 20.7. The van der Waals surface area contributed by atoms with E-state index in [0.29, 0.717) is 13.0 Å². The van der Waals surface area contributed by atoms with Gasteiger partial charge in [-0.25, -0.2) is 0 Å². The van der Waals surface area contributed by atoms with Gasteiger partial charge >= 0.3 is 0 Å². The summed E-state index contributed by atoms with van der Waals surface area (Å²) in [4.78, 5) is 27.1. The first-order chi connectivity index (χ1) is 13.3. The molecule has 0 saturated carbocycles. The summed E-state index contributed by atoms with van der Waals surface area (Å²) in [5.41, 5.74) is 0. The normalized spacial score (nSPS) is 18.7. The van der Waals surface area contributed by atoms with Gasteiger partial charge in [-0.05, 0) is 68.1 Å². The number of ether oxygens (including phenoxy) is 2. The molecule has 2 rings (SSSR count). The minimum Gasteiger partial charge on any atom is -0.491 e. The van der Waals surface area contributed by atoms with Crippen LogP contribution in [0.3, 0.4) is 0 Å². The summed E-state index contributed by atoms with van der Waals surface area (Å²) in [5.74, 6) is 0.539. The standard InChI is InChI=1S/C21H31NO5S/c1-14(2)12-19(22(4)20(24)15(3)23)21(25)28-18-9-7-16(8-10-18)27-13-17-6-5-11-26-17/h7-10,14-15,17,19,23H,5-6,11-13H2,1-4H3/t15?,17-,19+/m1/s1. The van der Waals surface area contributed by atoms with E-state index >= 15 is 0 Å². The van der Waals surface area contributed by atoms with Crippen LogP contribution in [0.2, 0.25) is 0 Å². The Bertz CT molecular complexity index is 641. The van der Waals surface area contributed by atoms with E-state index in [2.05, 4.69) is 0 Å². The maximum absolute atomic E-state index is 12.8. The molecule has 1 saturated heterocycles. The molecular formula is C21H31NO5S. The second kappa shape index (κ2) is 10.8. The molecule has 1 unspecified atom stereocenters. The largest absolute Gasteiger partial charge is 0.491 e. The third-order valence-electron chi connectivity index (χ3n) is 4.64. The summed E-state index contributed by atoms with van der Waals surface area (Å²) in [7, 11) is 1.57. The second-order valence-corrected chi connectivity index (χ2v) is 8.69. The Hall–Kier alpha value is -1.57. The van der Waals surface area contributed by atoms with Crippen molar-refractivity contribution in [2.45, 2.75) is 63.2 Å². The van der Waals surface area contributed by atoms with Crippen LogP contribution in [0, 0.1) is 5.92 Å². The molecule has 28 heavy (non-hydrogen) atoms. The number of thioether (sulfide) groups is 1. The third-order valence-corrected chi connectivity index (χ3v) is 5.62. The quantitative estimate of drug-likeness (QED) is 0.632. The molecule has 156 valence electrons. The number of carbonyl (C=O) groups excluding carboxylic acids is 2. The van der Waals surface area contributed by atoms with Crippen molar-refractivity contribution in [2.75, 3.05) is 20.3 Å². The summed E-state index contributed by atoms with van der Waals surface area (Å²) in [6, 6.07) is 6.79. The van der Waals surface area contributed by atoms with Crippen molar-refractivity contribution in [1.29, 1.82) is 0 Å². The molecule has 1 aromatic rings. The Kier molecular flexibility index (Phi) is 8.79. The van der Waals surface area contributed by atoms with Crippen LogP contribution in [0.4, 0.5) is 0 Å². The lowest BCUT2D eigenvalue weighted by atomic mass is 10.0. The number of hydrogen-bond donors (Lipinski definition) is 1. The molecule has 0 spiro atoms. The number of likely N-dealkylation sites (N-methyl/N-ethyl adjacent to an activating group) is 1. The fourth-order valence-corrected chi connectivity index (χ4v) is 3.96. The molecule has 0 aromatic heterocycles. The highest BCUT2D eigenvalue weighted by atomic mass is 32.2. The molecular weight excluding hydrogens is 378 g/mol. The van der Waals surface area contributed by atoms with Crippen LogP contribution in [0.5, 0.6) is 5.75 Å². The molecule has 3 atom stereocenters. The second-order valence-electron chi connectivity index (χ2n) is 7.61. The SMILES string of the molecule is CC(C)C[C@@H](C(=O)Sc1ccc(OC[C@H]2CCCO2)cc1)N(C)C(=O)C(C)O. The van der Waals surface area contributed by atoms with Gasteiger partial charge in [-0.1, -0.05) is 13.8 Å². The van der Waals surface area contributed by atoms with Gasteiger partial charge in [0.2, 0.25) is 5.12 Å². The predicted octanol–water partition coefficient (Wildman–Crippen LogP) is 3.12. The molecule has 0 bridgehead atoms. The molecule has 1 aliphatic rings. The van der Waals surface area contributed by atoms with Crippen molar-refractivity contribution in [3.63, 3.8) is 0 Å². The molecule has 1 fully saturated rings. The fourth-order valence-electron chi connectivity index (χ4n) is 3.06. The van der Waals surface area contributed by atoms with Gasteiger partial charge in [0.1, 0.15) is 24.5 Å². The van der Waals surface area contributed by atoms with E-state index in [9.17, 15) is 14.7 Å². The summed E-state index contributed by atoms with van der Waals surface area (Å²) >= 11 is 1.11. The van der Waals surface area contributed by atoms with Gasteiger partial charge in [0.15, 0.2) is 0 Å². The van der Waals surface area contributed by atoms with E-state index < -0.39 is 18.1 Å². The Labute approximate surface area is 171 Å². The lowest BCUT2D eigenvalue weighted by molar-refractivity contribution is -0.142. The Morgan fingerprint density at radius 1 is 1.29 bits per heavy atom. The molecule has 1 heterocycles. The van der Waals surface area contributed by atoms with Gasteiger partial charge in [0, 0.05) is 18.6 Å². The number of rotatable bonds is 9. The summed E-state index contributed by atoms with van der Waals surface area (Å²) in [6.07, 6.45) is 1.68. The van der Waals surface area contributed by atoms with Crippen LogP contribution in [0.25, 0.3) is 0 Å². The molecule has 7 heteroatoms. The van der Waals surface area contributed by atoms with Gasteiger partial charge in [0.05, 0.1) is 6.10 Å². The topological polar surface area (TPSA) is 76.1 Å². The van der Waals surface area contributed by atoms with Crippen LogP contribution in [-0.2, 0) is 14.3 Å². The van der Waals surface area contributed by atoms with Crippen molar-refractivity contribution in [3.8, 4) is 5.75 Å². The average Bonchev–Trinajstić information content (AvgIpc) is 3.17. The summed E-state index contributed by atoms with van der Waals surface area (Å²) in [6.45, 7) is 6.76. The number of aliphatic hydroxyl groups excluding tert-OH is 1. The predicted molar refractivity (Wildman–Crippen MR) is 109 cm³/mol. The highest BCUT2D eigenvalue weighted by Crippen LogP contribution is 2.27. The lowest BCUT2D eigenvalue weighted by Crippen LogP contribution is -2.45. The number of nitrogens with zero attached hydrogens (tertiary/aromatic N) is 1. The van der Waals surface area contributed by atoms with Crippen molar-refractivity contribution in [2.24, 2.45) is 5.92 Å². The Balaban J connectivity index is 1.96. The first-order valence-electron chi connectivity index (χ1n) is 9.78. The van der Waals surface area contributed by atoms with Crippen molar-refractivity contribution in [3.05, 3.63) is 24.3 Å². The van der Waals surface area contributed by atoms with Gasteiger partial charge in [-0.15, -0.1) is 0 Å². The van der Waals surface area contributed by atoms with Crippen LogP contribution in [0.15, 0.2) is 29.2 Å². The maximum Gasteiger partial charge on any atom is 0.251 e. The Morgan fingerprint density at radius 3 is 2.50 bits per heavy atom. The average molecular weight is 410 g/mol. The zero-order valence-corrected chi connectivity index (χ0v) is 17.9. The molecule has 6 nitrogen and oxygen atoms in total. The number of carbonyl (C=O) groups is 2. The van der Waals surface area contributed by atoms with Crippen molar-refractivity contribution in [1.82, 2.24) is 4.90 Å². The van der Waals surface area contributed by atoms with E-state index in [1.807, 2.05) is 38.1 Å². The minimum absolute atomic E-state index is 0.113. The van der Waals surface area contributed by atoms with E-state index in [4.69, 9.17) is 9.47 Å². The first kappa shape index (κ1) is 22.7. The van der Waals surface area contributed by atoms with E-state index in [-0.39, 0.29) is 17.1 Å². The van der Waals surface area contributed by atoms with Gasteiger partial charge in [-0.2, -0.15) is 0 Å². The molecule has 1 aromatic carbocycles. The number of aliphatic hydroxyl groups is 1. The van der Waals surface area contributed by atoms with Crippen molar-refractivity contribution >= 4 is 22.8 Å². The molecule has 0 radical (unpaired) electrons. The third kappa shape index (κ3) is 6.79. The molecule has 1 aliphatic heterocycles. The number of hydrogen-bond acceptors (Lipinski definition) is 6.